The number of carbonyl (C=O) groups excluding carboxylic acids is 1. The number of aryl methyl sites for hydroxylation is 1. The topological polar surface area (TPSA) is 85.3 Å². The Kier molecular flexibility index (Phi) is 3.45. The molecule has 1 amide bonds. The predicted octanol–water partition coefficient (Wildman–Crippen LogP) is 2.72. The number of thiazole rings is 1. The van der Waals surface area contributed by atoms with Crippen LogP contribution in [0.25, 0.3) is 11.7 Å². The van der Waals surface area contributed by atoms with Crippen molar-refractivity contribution in [1.82, 2.24) is 20.0 Å². The molecule has 0 saturated carbocycles. The van der Waals surface area contributed by atoms with Crippen molar-refractivity contribution in [1.29, 1.82) is 0 Å². The smallest absolute Gasteiger partial charge is 0.293 e. The molecule has 0 aromatic carbocycles. The molecule has 1 aliphatic rings. The predicted molar refractivity (Wildman–Crippen MR) is 82.1 cm³/mol. The molecule has 0 spiro atoms. The van der Waals surface area contributed by atoms with Crippen molar-refractivity contribution >= 4 is 17.2 Å². The molecule has 0 radical (unpaired) electrons. The van der Waals surface area contributed by atoms with Gasteiger partial charge in [-0.15, -0.1) is 11.3 Å². The van der Waals surface area contributed by atoms with Gasteiger partial charge in [0.2, 0.25) is 0 Å². The van der Waals surface area contributed by atoms with Gasteiger partial charge in [-0.25, -0.2) is 4.98 Å². The molecule has 0 aliphatic carbocycles. The molecule has 0 unspecified atom stereocenters. The van der Waals surface area contributed by atoms with E-state index in [0.717, 1.165) is 11.4 Å². The van der Waals surface area contributed by atoms with Crippen molar-refractivity contribution in [3.8, 4) is 11.7 Å². The minimum atomic E-state index is -0.0356. The molecule has 1 aliphatic heterocycles. The highest BCUT2D eigenvalue weighted by atomic mass is 32.1. The second-order valence-corrected chi connectivity index (χ2v) is 6.49. The van der Waals surface area contributed by atoms with Gasteiger partial charge in [-0.1, -0.05) is 5.16 Å². The van der Waals surface area contributed by atoms with Crippen molar-refractivity contribution < 1.29 is 13.7 Å². The highest BCUT2D eigenvalue weighted by Crippen LogP contribution is 2.28. The van der Waals surface area contributed by atoms with E-state index in [1.54, 1.807) is 28.7 Å². The molecule has 0 N–H and O–H groups in total. The fraction of sp³-hybridized carbons (Fsp3) is 0.333. The molecule has 3 aromatic rings. The van der Waals surface area contributed by atoms with Crippen molar-refractivity contribution in [2.45, 2.75) is 19.3 Å². The van der Waals surface area contributed by atoms with E-state index in [9.17, 15) is 4.79 Å². The summed E-state index contributed by atoms with van der Waals surface area (Å²) in [5.41, 5.74) is 0.512. The Morgan fingerprint density at radius 1 is 1.43 bits per heavy atom. The van der Waals surface area contributed by atoms with Gasteiger partial charge in [0, 0.05) is 24.4 Å². The lowest BCUT2D eigenvalue weighted by atomic mass is 10.1. The average molecular weight is 330 g/mol. The maximum absolute atomic E-state index is 12.4. The zero-order valence-electron chi connectivity index (χ0n) is 12.4. The highest BCUT2D eigenvalue weighted by Gasteiger charge is 2.32. The van der Waals surface area contributed by atoms with Gasteiger partial charge < -0.3 is 13.8 Å². The lowest BCUT2D eigenvalue weighted by molar-refractivity contribution is 0.0785. The van der Waals surface area contributed by atoms with E-state index in [1.807, 2.05) is 6.92 Å². The number of furan rings is 1. The van der Waals surface area contributed by atoms with Gasteiger partial charge in [0.15, 0.2) is 11.6 Å². The summed E-state index contributed by atoms with van der Waals surface area (Å²) >= 11 is 1.48. The molecule has 8 heteroatoms. The van der Waals surface area contributed by atoms with Gasteiger partial charge in [0.25, 0.3) is 11.8 Å². The maximum atomic E-state index is 12.4. The summed E-state index contributed by atoms with van der Waals surface area (Å²) in [6.45, 7) is 3.14. The van der Waals surface area contributed by atoms with Crippen LogP contribution in [0, 0.1) is 6.92 Å². The third-order valence-corrected chi connectivity index (χ3v) is 4.63. The lowest BCUT2D eigenvalue weighted by Crippen LogP contribution is -2.28. The zero-order valence-corrected chi connectivity index (χ0v) is 13.2. The zero-order chi connectivity index (χ0) is 15.8. The summed E-state index contributed by atoms with van der Waals surface area (Å²) in [5.74, 6) is 1.57. The fourth-order valence-electron chi connectivity index (χ4n) is 2.68. The van der Waals surface area contributed by atoms with Crippen LogP contribution in [-0.2, 0) is 0 Å². The molecule has 4 heterocycles. The van der Waals surface area contributed by atoms with E-state index < -0.39 is 0 Å². The minimum absolute atomic E-state index is 0.0356. The number of rotatable bonds is 3. The Morgan fingerprint density at radius 2 is 2.35 bits per heavy atom. The number of nitrogens with zero attached hydrogens (tertiary/aromatic N) is 4. The van der Waals surface area contributed by atoms with Crippen molar-refractivity contribution in [2.75, 3.05) is 13.1 Å². The first kappa shape index (κ1) is 14.1. The Labute approximate surface area is 135 Å². The van der Waals surface area contributed by atoms with Crippen LogP contribution in [0.2, 0.25) is 0 Å². The van der Waals surface area contributed by atoms with Gasteiger partial charge in [0.1, 0.15) is 5.69 Å². The number of hydrogen-bond donors (Lipinski definition) is 0. The summed E-state index contributed by atoms with van der Waals surface area (Å²) in [5, 5.41) is 6.72. The van der Waals surface area contributed by atoms with Crippen molar-refractivity contribution in [2.24, 2.45) is 0 Å². The number of amides is 1. The Bertz CT molecular complexity index is 824. The van der Waals surface area contributed by atoms with Gasteiger partial charge in [-0.2, -0.15) is 4.98 Å². The first-order valence-corrected chi connectivity index (χ1v) is 8.17. The third-order valence-electron chi connectivity index (χ3n) is 3.85. The second-order valence-electron chi connectivity index (χ2n) is 5.42. The van der Waals surface area contributed by atoms with Crippen LogP contribution >= 0.6 is 11.3 Å². The minimum Gasteiger partial charge on any atom is -0.459 e. The SMILES string of the molecule is Cc1nc(C(=O)N2CC[C@@H](c3noc(-c4ccco4)n3)C2)cs1. The van der Waals surface area contributed by atoms with Crippen LogP contribution < -0.4 is 0 Å². The van der Waals surface area contributed by atoms with E-state index in [4.69, 9.17) is 8.94 Å². The maximum Gasteiger partial charge on any atom is 0.293 e. The normalized spacial score (nSPS) is 17.8. The Balaban J connectivity index is 1.47. The van der Waals surface area contributed by atoms with E-state index in [2.05, 4.69) is 15.1 Å². The van der Waals surface area contributed by atoms with Gasteiger partial charge in [-0.05, 0) is 25.5 Å². The largest absolute Gasteiger partial charge is 0.459 e. The fourth-order valence-corrected chi connectivity index (χ4v) is 3.27. The summed E-state index contributed by atoms with van der Waals surface area (Å²) in [6.07, 6.45) is 2.37. The van der Waals surface area contributed by atoms with E-state index in [1.165, 1.54) is 11.3 Å². The summed E-state index contributed by atoms with van der Waals surface area (Å²) in [6, 6.07) is 3.54. The Hall–Kier alpha value is -2.48. The molecule has 7 nitrogen and oxygen atoms in total. The summed E-state index contributed by atoms with van der Waals surface area (Å²) in [7, 11) is 0. The highest BCUT2D eigenvalue weighted by molar-refractivity contribution is 7.09. The average Bonchev–Trinajstić information content (AvgIpc) is 3.30. The molecule has 1 saturated heterocycles. The van der Waals surface area contributed by atoms with Crippen LogP contribution in [0.4, 0.5) is 0 Å². The van der Waals surface area contributed by atoms with Crippen LogP contribution in [-0.4, -0.2) is 39.0 Å². The van der Waals surface area contributed by atoms with Gasteiger partial charge in [0.05, 0.1) is 11.3 Å². The summed E-state index contributed by atoms with van der Waals surface area (Å²) in [4.78, 5) is 22.9. The Morgan fingerprint density at radius 3 is 3.09 bits per heavy atom. The molecule has 0 bridgehead atoms. The third kappa shape index (κ3) is 2.65. The van der Waals surface area contributed by atoms with Gasteiger partial charge >= 0.3 is 0 Å². The molecule has 1 fully saturated rings. The van der Waals surface area contributed by atoms with E-state index >= 15 is 0 Å². The number of likely N-dealkylation sites (tertiary alicyclic amines) is 1. The van der Waals surface area contributed by atoms with Crippen molar-refractivity contribution in [3.05, 3.63) is 40.3 Å². The van der Waals surface area contributed by atoms with E-state index in [0.29, 0.717) is 36.3 Å². The standard InChI is InChI=1S/C15H14N4O3S/c1-9-16-11(8-23-9)15(20)19-5-4-10(7-19)13-17-14(22-18-13)12-3-2-6-21-12/h2-3,6,8,10H,4-5,7H2,1H3/t10-/m1/s1. The number of hydrogen-bond acceptors (Lipinski definition) is 7. The van der Waals surface area contributed by atoms with Crippen LogP contribution in [0.5, 0.6) is 0 Å². The quantitative estimate of drug-likeness (QED) is 0.734. The van der Waals surface area contributed by atoms with Gasteiger partial charge in [-0.3, -0.25) is 4.79 Å². The van der Waals surface area contributed by atoms with Crippen LogP contribution in [0.1, 0.15) is 33.7 Å². The number of aromatic nitrogens is 3. The molecule has 118 valence electrons. The lowest BCUT2D eigenvalue weighted by Gasteiger charge is -2.13. The second kappa shape index (κ2) is 5.62. The van der Waals surface area contributed by atoms with E-state index in [-0.39, 0.29) is 11.8 Å². The van der Waals surface area contributed by atoms with Crippen molar-refractivity contribution in [3.63, 3.8) is 0 Å². The summed E-state index contributed by atoms with van der Waals surface area (Å²) < 4.78 is 10.5. The molecular weight excluding hydrogens is 316 g/mol. The first-order valence-electron chi connectivity index (χ1n) is 7.29. The molecule has 4 rings (SSSR count). The first-order chi connectivity index (χ1) is 11.2. The monoisotopic (exact) mass is 330 g/mol. The van der Waals surface area contributed by atoms with Crippen LogP contribution in [0.3, 0.4) is 0 Å². The number of carbonyl (C=O) groups is 1. The van der Waals surface area contributed by atoms with Crippen LogP contribution in [0.15, 0.2) is 32.7 Å². The molecular formula is C15H14N4O3S. The molecule has 1 atom stereocenters. The molecule has 3 aromatic heterocycles. The molecule has 23 heavy (non-hydrogen) atoms.